The molecular formula is C19H22N6. The van der Waals surface area contributed by atoms with Crippen molar-refractivity contribution in [2.45, 2.75) is 31.8 Å². The fraction of sp³-hybridized carbons (Fsp3) is 0.421. The molecule has 2 N–H and O–H groups in total. The zero-order chi connectivity index (χ0) is 17.2. The molecule has 2 aliphatic rings. The third-order valence-electron chi connectivity index (χ3n) is 4.99. The van der Waals surface area contributed by atoms with Gasteiger partial charge in [-0.1, -0.05) is 5.92 Å². The predicted octanol–water partition coefficient (Wildman–Crippen LogP) is 1.47. The van der Waals surface area contributed by atoms with Crippen LogP contribution in [0.4, 0.5) is 11.6 Å². The number of rotatable bonds is 1. The number of aromatic nitrogens is 3. The summed E-state index contributed by atoms with van der Waals surface area (Å²) in [7, 11) is 0. The van der Waals surface area contributed by atoms with Crippen molar-refractivity contribution in [2.24, 2.45) is 0 Å². The third-order valence-corrected chi connectivity index (χ3v) is 4.99. The summed E-state index contributed by atoms with van der Waals surface area (Å²) in [6, 6.07) is 4.84. The van der Waals surface area contributed by atoms with E-state index in [1.165, 1.54) is 5.56 Å². The molecule has 0 unspecified atom stereocenters. The van der Waals surface area contributed by atoms with Gasteiger partial charge in [-0.3, -0.25) is 4.90 Å². The van der Waals surface area contributed by atoms with Gasteiger partial charge in [0.05, 0.1) is 6.04 Å². The van der Waals surface area contributed by atoms with E-state index < -0.39 is 0 Å². The van der Waals surface area contributed by atoms with Crippen LogP contribution in [-0.4, -0.2) is 51.6 Å². The Morgan fingerprint density at radius 1 is 1.12 bits per heavy atom. The molecule has 0 bridgehead atoms. The molecule has 6 nitrogen and oxygen atoms in total. The number of hydrogen-bond donors (Lipinski definition) is 1. The monoisotopic (exact) mass is 334 g/mol. The minimum absolute atomic E-state index is 0.314. The highest BCUT2D eigenvalue weighted by atomic mass is 15.3. The maximum atomic E-state index is 5.98. The molecule has 2 atom stereocenters. The Balaban J connectivity index is 1.45. The van der Waals surface area contributed by atoms with Crippen LogP contribution >= 0.6 is 0 Å². The zero-order valence-corrected chi connectivity index (χ0v) is 14.4. The van der Waals surface area contributed by atoms with Crippen LogP contribution < -0.4 is 10.6 Å². The summed E-state index contributed by atoms with van der Waals surface area (Å²) in [6.45, 7) is 4.88. The summed E-state index contributed by atoms with van der Waals surface area (Å²) in [4.78, 5) is 17.7. The van der Waals surface area contributed by atoms with E-state index >= 15 is 0 Å². The molecule has 2 aromatic rings. The Kier molecular flexibility index (Phi) is 4.24. The normalized spacial score (nSPS) is 23.0. The van der Waals surface area contributed by atoms with E-state index in [1.807, 2.05) is 18.3 Å². The molecule has 25 heavy (non-hydrogen) atoms. The summed E-state index contributed by atoms with van der Waals surface area (Å²) in [5.41, 5.74) is 8.03. The van der Waals surface area contributed by atoms with Gasteiger partial charge in [0.25, 0.3) is 0 Å². The van der Waals surface area contributed by atoms with Crippen molar-refractivity contribution in [2.75, 3.05) is 30.3 Å². The number of nitrogen functional groups attached to an aromatic ring is 1. The van der Waals surface area contributed by atoms with E-state index in [9.17, 15) is 0 Å². The van der Waals surface area contributed by atoms with Crippen LogP contribution in [0, 0.1) is 18.8 Å². The van der Waals surface area contributed by atoms with Crippen LogP contribution in [0.15, 0.2) is 30.7 Å². The summed E-state index contributed by atoms with van der Waals surface area (Å²) >= 11 is 0. The van der Waals surface area contributed by atoms with Crippen LogP contribution in [0.3, 0.4) is 0 Å². The van der Waals surface area contributed by atoms with Gasteiger partial charge < -0.3 is 10.6 Å². The van der Waals surface area contributed by atoms with Crippen LogP contribution in [0.25, 0.3) is 0 Å². The zero-order valence-electron chi connectivity index (χ0n) is 14.4. The molecule has 128 valence electrons. The Hall–Kier alpha value is -2.65. The number of hydrogen-bond acceptors (Lipinski definition) is 6. The second kappa shape index (κ2) is 6.69. The molecule has 4 rings (SSSR count). The highest BCUT2D eigenvalue weighted by Gasteiger charge is 2.37. The van der Waals surface area contributed by atoms with Crippen molar-refractivity contribution in [1.82, 2.24) is 19.9 Å². The largest absolute Gasteiger partial charge is 0.381 e. The quantitative estimate of drug-likeness (QED) is 0.796. The molecule has 0 radical (unpaired) electrons. The Morgan fingerprint density at radius 3 is 2.84 bits per heavy atom. The first kappa shape index (κ1) is 15.9. The second-order valence-corrected chi connectivity index (χ2v) is 6.68. The fourth-order valence-corrected chi connectivity index (χ4v) is 3.75. The summed E-state index contributed by atoms with van der Waals surface area (Å²) in [5, 5.41) is 0. The molecule has 0 spiro atoms. The maximum absolute atomic E-state index is 5.98. The van der Waals surface area contributed by atoms with Gasteiger partial charge in [-0.05, 0) is 43.4 Å². The molecule has 2 saturated heterocycles. The predicted molar refractivity (Wildman–Crippen MR) is 98.0 cm³/mol. The Morgan fingerprint density at radius 2 is 2.00 bits per heavy atom. The van der Waals surface area contributed by atoms with Crippen LogP contribution in [0.5, 0.6) is 0 Å². The first-order chi connectivity index (χ1) is 12.2. The van der Waals surface area contributed by atoms with Crippen LogP contribution in [-0.2, 0) is 0 Å². The average Bonchev–Trinajstić information content (AvgIpc) is 3.03. The molecule has 2 aliphatic heterocycles. The van der Waals surface area contributed by atoms with Gasteiger partial charge in [-0.15, -0.1) is 0 Å². The molecule has 2 aromatic heterocycles. The second-order valence-electron chi connectivity index (χ2n) is 6.68. The molecule has 2 fully saturated rings. The summed E-state index contributed by atoms with van der Waals surface area (Å²) in [5.74, 6) is 8.00. The standard InChI is InChI=1S/C19H22N6/c1-14-6-7-21-15(12-14)2-3-16-4-5-17-13-24(10-11-25(16)17)19-18(20)22-8-9-23-19/h6-9,12,16-17H,4-5,10-11,13H2,1H3,(H2,20,22)/t16-,17-/m0/s1. The number of piperazine rings is 1. The first-order valence-electron chi connectivity index (χ1n) is 8.72. The van der Waals surface area contributed by atoms with Gasteiger partial charge in [0.15, 0.2) is 11.6 Å². The highest BCUT2D eigenvalue weighted by Crippen LogP contribution is 2.30. The van der Waals surface area contributed by atoms with E-state index in [0.29, 0.717) is 17.9 Å². The Labute approximate surface area is 148 Å². The third kappa shape index (κ3) is 3.28. The SMILES string of the molecule is Cc1ccnc(C#C[C@H]2CC[C@H]3CN(c4nccnc4N)CCN32)c1. The van der Waals surface area contributed by atoms with Crippen molar-refractivity contribution < 1.29 is 0 Å². The number of pyridine rings is 1. The molecule has 0 amide bonds. The molecule has 0 aliphatic carbocycles. The smallest absolute Gasteiger partial charge is 0.171 e. The summed E-state index contributed by atoms with van der Waals surface area (Å²) < 4.78 is 0. The van der Waals surface area contributed by atoms with Gasteiger partial charge in [-0.2, -0.15) is 0 Å². The van der Waals surface area contributed by atoms with Gasteiger partial charge in [0.1, 0.15) is 5.69 Å². The molecule has 4 heterocycles. The lowest BCUT2D eigenvalue weighted by Gasteiger charge is -2.39. The van der Waals surface area contributed by atoms with Crippen molar-refractivity contribution in [3.8, 4) is 11.8 Å². The molecule has 6 heteroatoms. The number of fused-ring (bicyclic) bond motifs is 1. The van der Waals surface area contributed by atoms with Crippen molar-refractivity contribution in [3.63, 3.8) is 0 Å². The van der Waals surface area contributed by atoms with Gasteiger partial charge >= 0.3 is 0 Å². The van der Waals surface area contributed by atoms with Gasteiger partial charge in [-0.25, -0.2) is 15.0 Å². The lowest BCUT2D eigenvalue weighted by molar-refractivity contribution is 0.202. The van der Waals surface area contributed by atoms with Crippen molar-refractivity contribution in [1.29, 1.82) is 0 Å². The highest BCUT2D eigenvalue weighted by molar-refractivity contribution is 5.57. The van der Waals surface area contributed by atoms with Gasteiger partial charge in [0, 0.05) is 44.3 Å². The first-order valence-corrected chi connectivity index (χ1v) is 8.72. The fourth-order valence-electron chi connectivity index (χ4n) is 3.75. The topological polar surface area (TPSA) is 71.2 Å². The van der Waals surface area contributed by atoms with E-state index in [0.717, 1.165) is 44.0 Å². The van der Waals surface area contributed by atoms with E-state index in [2.05, 4.69) is 43.5 Å². The number of aryl methyl sites for hydroxylation is 1. The number of nitrogens with zero attached hydrogens (tertiary/aromatic N) is 5. The van der Waals surface area contributed by atoms with Crippen molar-refractivity contribution in [3.05, 3.63) is 42.0 Å². The lowest BCUT2D eigenvalue weighted by atomic mass is 10.1. The van der Waals surface area contributed by atoms with Crippen LogP contribution in [0.2, 0.25) is 0 Å². The van der Waals surface area contributed by atoms with E-state index in [4.69, 9.17) is 5.73 Å². The minimum Gasteiger partial charge on any atom is -0.381 e. The number of nitrogens with two attached hydrogens (primary N) is 1. The van der Waals surface area contributed by atoms with E-state index in [1.54, 1.807) is 12.4 Å². The summed E-state index contributed by atoms with van der Waals surface area (Å²) in [6.07, 6.45) is 7.41. The average molecular weight is 334 g/mol. The van der Waals surface area contributed by atoms with Gasteiger partial charge in [0.2, 0.25) is 0 Å². The van der Waals surface area contributed by atoms with E-state index in [-0.39, 0.29) is 0 Å². The van der Waals surface area contributed by atoms with Crippen molar-refractivity contribution >= 4 is 11.6 Å². The molecular weight excluding hydrogens is 312 g/mol. The Bertz CT molecular complexity index is 824. The number of anilines is 2. The minimum atomic E-state index is 0.314. The van der Waals surface area contributed by atoms with Crippen LogP contribution in [0.1, 0.15) is 24.1 Å². The maximum Gasteiger partial charge on any atom is 0.171 e. The lowest BCUT2D eigenvalue weighted by Crippen LogP contribution is -2.52. The molecule has 0 aromatic carbocycles. The molecule has 0 saturated carbocycles.